The van der Waals surface area contributed by atoms with Gasteiger partial charge in [0.1, 0.15) is 0 Å². The molecule has 124 valence electrons. The van der Waals surface area contributed by atoms with E-state index in [1.807, 2.05) is 7.05 Å². The molecule has 0 aromatic rings. The summed E-state index contributed by atoms with van der Waals surface area (Å²) in [7, 11) is 3.93. The second kappa shape index (κ2) is 10.0. The molecule has 0 saturated carbocycles. The quantitative estimate of drug-likeness (QED) is 0.550. The van der Waals surface area contributed by atoms with Crippen molar-refractivity contribution in [3.8, 4) is 0 Å². The molecule has 0 radical (unpaired) electrons. The van der Waals surface area contributed by atoms with Gasteiger partial charge in [0.05, 0.1) is 12.7 Å². The van der Waals surface area contributed by atoms with Crippen molar-refractivity contribution < 1.29 is 9.47 Å². The van der Waals surface area contributed by atoms with Gasteiger partial charge in [0, 0.05) is 46.3 Å². The van der Waals surface area contributed by atoms with Crippen LogP contribution in [0.5, 0.6) is 0 Å². The lowest BCUT2D eigenvalue weighted by atomic mass is 10.0. The Kier molecular flexibility index (Phi) is 8.69. The monoisotopic (exact) mass is 299 g/mol. The number of hydrogen-bond acceptors (Lipinski definition) is 3. The van der Waals surface area contributed by atoms with Gasteiger partial charge < -0.3 is 19.7 Å². The van der Waals surface area contributed by atoms with Crippen LogP contribution >= 0.6 is 0 Å². The number of nitrogens with one attached hydrogen (secondary N) is 1. The summed E-state index contributed by atoms with van der Waals surface area (Å²) in [6, 6.07) is 0. The fourth-order valence-corrected chi connectivity index (χ4v) is 2.74. The normalized spacial score (nSPS) is 20.9. The highest BCUT2D eigenvalue weighted by Crippen LogP contribution is 2.13. The van der Waals surface area contributed by atoms with Gasteiger partial charge in [-0.05, 0) is 25.7 Å². The first kappa shape index (κ1) is 18.2. The molecule has 0 aromatic carbocycles. The summed E-state index contributed by atoms with van der Waals surface area (Å²) in [6.45, 7) is 10.9. The van der Waals surface area contributed by atoms with E-state index in [9.17, 15) is 0 Å². The van der Waals surface area contributed by atoms with E-state index in [0.717, 1.165) is 51.7 Å². The van der Waals surface area contributed by atoms with Crippen LogP contribution in [0, 0.1) is 11.8 Å². The average molecular weight is 299 g/mol. The minimum atomic E-state index is 0.314. The SMILES string of the molecule is CCOC(CCNC(=NC)N(C)CC1CCOC1)C(C)C. The average Bonchev–Trinajstić information content (AvgIpc) is 2.94. The first-order valence-electron chi connectivity index (χ1n) is 8.19. The molecule has 0 amide bonds. The number of hydrogen-bond donors (Lipinski definition) is 1. The molecular weight excluding hydrogens is 266 g/mol. The van der Waals surface area contributed by atoms with Crippen LogP contribution in [0.15, 0.2) is 4.99 Å². The topological polar surface area (TPSA) is 46.1 Å². The van der Waals surface area contributed by atoms with Crippen LogP contribution in [0.1, 0.15) is 33.6 Å². The molecule has 2 unspecified atom stereocenters. The lowest BCUT2D eigenvalue weighted by Gasteiger charge is -2.26. The number of rotatable bonds is 8. The molecule has 0 spiro atoms. The summed E-state index contributed by atoms with van der Waals surface area (Å²) >= 11 is 0. The van der Waals surface area contributed by atoms with Crippen LogP contribution in [0.3, 0.4) is 0 Å². The van der Waals surface area contributed by atoms with E-state index >= 15 is 0 Å². The van der Waals surface area contributed by atoms with Gasteiger partial charge in [-0.3, -0.25) is 4.99 Å². The number of ether oxygens (including phenoxy) is 2. The van der Waals surface area contributed by atoms with Crippen molar-refractivity contribution in [1.29, 1.82) is 0 Å². The molecule has 1 N–H and O–H groups in total. The number of guanidine groups is 1. The summed E-state index contributed by atoms with van der Waals surface area (Å²) in [5.41, 5.74) is 0. The summed E-state index contributed by atoms with van der Waals surface area (Å²) in [4.78, 5) is 6.57. The van der Waals surface area contributed by atoms with Crippen LogP contribution in [0.25, 0.3) is 0 Å². The van der Waals surface area contributed by atoms with Crippen molar-refractivity contribution in [2.75, 3.05) is 47.0 Å². The molecule has 0 aromatic heterocycles. The van der Waals surface area contributed by atoms with Gasteiger partial charge in [0.15, 0.2) is 5.96 Å². The predicted octanol–water partition coefficient (Wildman–Crippen LogP) is 1.98. The third kappa shape index (κ3) is 6.66. The standard InChI is InChI=1S/C16H33N3O2/c1-6-21-15(13(2)3)7-9-18-16(17-4)19(5)11-14-8-10-20-12-14/h13-15H,6-12H2,1-5H3,(H,17,18). The van der Waals surface area contributed by atoms with E-state index in [1.54, 1.807) is 0 Å². The van der Waals surface area contributed by atoms with Crippen LogP contribution in [0.4, 0.5) is 0 Å². The Morgan fingerprint density at radius 2 is 2.24 bits per heavy atom. The van der Waals surface area contributed by atoms with Gasteiger partial charge in [0.25, 0.3) is 0 Å². The summed E-state index contributed by atoms with van der Waals surface area (Å²) < 4.78 is 11.2. The van der Waals surface area contributed by atoms with Crippen LogP contribution < -0.4 is 5.32 Å². The van der Waals surface area contributed by atoms with Gasteiger partial charge in [-0.25, -0.2) is 0 Å². The zero-order valence-corrected chi connectivity index (χ0v) is 14.4. The Hall–Kier alpha value is -0.810. The predicted molar refractivity (Wildman–Crippen MR) is 87.8 cm³/mol. The molecular formula is C16H33N3O2. The summed E-state index contributed by atoms with van der Waals surface area (Å²) in [6.07, 6.45) is 2.47. The molecule has 1 rings (SSSR count). The van der Waals surface area contributed by atoms with Crippen LogP contribution in [0.2, 0.25) is 0 Å². The molecule has 21 heavy (non-hydrogen) atoms. The molecule has 1 aliphatic heterocycles. The first-order chi connectivity index (χ1) is 10.1. The van der Waals surface area contributed by atoms with E-state index < -0.39 is 0 Å². The van der Waals surface area contributed by atoms with Crippen molar-refractivity contribution in [3.05, 3.63) is 0 Å². The van der Waals surface area contributed by atoms with Gasteiger partial charge >= 0.3 is 0 Å². The van der Waals surface area contributed by atoms with Gasteiger partial charge in [-0.2, -0.15) is 0 Å². The maximum atomic E-state index is 5.78. The molecule has 1 heterocycles. The lowest BCUT2D eigenvalue weighted by Crippen LogP contribution is -2.42. The molecule has 5 heteroatoms. The van der Waals surface area contributed by atoms with Crippen molar-refractivity contribution in [2.24, 2.45) is 16.8 Å². The molecule has 2 atom stereocenters. The summed E-state index contributed by atoms with van der Waals surface area (Å²) in [5, 5.41) is 3.44. The zero-order valence-electron chi connectivity index (χ0n) is 14.4. The Morgan fingerprint density at radius 3 is 2.76 bits per heavy atom. The second-order valence-corrected chi connectivity index (χ2v) is 6.11. The van der Waals surface area contributed by atoms with Crippen molar-refractivity contribution >= 4 is 5.96 Å². The summed E-state index contributed by atoms with van der Waals surface area (Å²) in [5.74, 6) is 2.13. The van der Waals surface area contributed by atoms with Crippen molar-refractivity contribution in [2.45, 2.75) is 39.7 Å². The smallest absolute Gasteiger partial charge is 0.193 e. The Balaban J connectivity index is 2.32. The third-order valence-electron chi connectivity index (χ3n) is 3.97. The third-order valence-corrected chi connectivity index (χ3v) is 3.97. The Bertz CT molecular complexity index is 302. The van der Waals surface area contributed by atoms with E-state index in [1.165, 1.54) is 0 Å². The minimum absolute atomic E-state index is 0.314. The number of nitrogens with zero attached hydrogens (tertiary/aromatic N) is 2. The zero-order chi connectivity index (χ0) is 15.7. The highest BCUT2D eigenvalue weighted by molar-refractivity contribution is 5.79. The molecule has 0 bridgehead atoms. The van der Waals surface area contributed by atoms with E-state index in [4.69, 9.17) is 9.47 Å². The molecule has 1 saturated heterocycles. The Labute approximate surface area is 130 Å². The highest BCUT2D eigenvalue weighted by Gasteiger charge is 2.19. The first-order valence-corrected chi connectivity index (χ1v) is 8.19. The fourth-order valence-electron chi connectivity index (χ4n) is 2.74. The van der Waals surface area contributed by atoms with E-state index in [0.29, 0.717) is 17.9 Å². The lowest BCUT2D eigenvalue weighted by molar-refractivity contribution is 0.0257. The minimum Gasteiger partial charge on any atom is -0.381 e. The van der Waals surface area contributed by atoms with Crippen LogP contribution in [-0.4, -0.2) is 64.0 Å². The van der Waals surface area contributed by atoms with Crippen molar-refractivity contribution in [1.82, 2.24) is 10.2 Å². The van der Waals surface area contributed by atoms with Gasteiger partial charge in [-0.1, -0.05) is 13.8 Å². The van der Waals surface area contributed by atoms with Gasteiger partial charge in [0.2, 0.25) is 0 Å². The van der Waals surface area contributed by atoms with Gasteiger partial charge in [-0.15, -0.1) is 0 Å². The second-order valence-electron chi connectivity index (χ2n) is 6.11. The molecule has 0 aliphatic carbocycles. The largest absolute Gasteiger partial charge is 0.381 e. The van der Waals surface area contributed by atoms with Crippen molar-refractivity contribution in [3.63, 3.8) is 0 Å². The molecule has 1 aliphatic rings. The highest BCUT2D eigenvalue weighted by atomic mass is 16.5. The molecule has 5 nitrogen and oxygen atoms in total. The van der Waals surface area contributed by atoms with E-state index in [2.05, 4.69) is 43.0 Å². The van der Waals surface area contributed by atoms with E-state index in [-0.39, 0.29) is 0 Å². The maximum Gasteiger partial charge on any atom is 0.193 e. The number of aliphatic imine (C=N–C) groups is 1. The maximum absolute atomic E-state index is 5.78. The Morgan fingerprint density at radius 1 is 1.48 bits per heavy atom. The molecule has 1 fully saturated rings. The fraction of sp³-hybridized carbons (Fsp3) is 0.938. The van der Waals surface area contributed by atoms with Crippen LogP contribution in [-0.2, 0) is 9.47 Å².